The Morgan fingerprint density at radius 3 is 2.89 bits per heavy atom. The summed E-state index contributed by atoms with van der Waals surface area (Å²) in [6.07, 6.45) is 0.570. The van der Waals surface area contributed by atoms with Crippen molar-refractivity contribution < 1.29 is 5.11 Å². The maximum Gasteiger partial charge on any atom is 0.133 e. The van der Waals surface area contributed by atoms with Gasteiger partial charge >= 0.3 is 0 Å². The molecular weight excluding hydrogens is 276 g/mol. The van der Waals surface area contributed by atoms with E-state index in [1.165, 1.54) is 4.88 Å². The maximum atomic E-state index is 9.77. The van der Waals surface area contributed by atoms with Crippen LogP contribution in [0.1, 0.15) is 26.0 Å². The lowest BCUT2D eigenvalue weighted by Crippen LogP contribution is -2.27. The first-order valence-electron chi connectivity index (χ1n) is 6.52. The smallest absolute Gasteiger partial charge is 0.133 e. The van der Waals surface area contributed by atoms with Gasteiger partial charge in [0.05, 0.1) is 16.7 Å². The summed E-state index contributed by atoms with van der Waals surface area (Å²) >= 11 is 3.39. The molecular formula is C14H20N2OS2. The van der Waals surface area contributed by atoms with Crippen LogP contribution in [-0.2, 0) is 6.54 Å². The lowest BCUT2D eigenvalue weighted by atomic mass is 10.1. The molecule has 2 aromatic heterocycles. The summed E-state index contributed by atoms with van der Waals surface area (Å²) in [5.74, 6) is 0.529. The molecule has 0 amide bonds. The molecule has 2 N–H and O–H groups in total. The highest BCUT2D eigenvalue weighted by Crippen LogP contribution is 2.27. The van der Waals surface area contributed by atoms with Crippen LogP contribution in [0.15, 0.2) is 22.9 Å². The Labute approximate surface area is 122 Å². The summed E-state index contributed by atoms with van der Waals surface area (Å²) in [6, 6.07) is 4.13. The predicted octanol–water partition coefficient (Wildman–Crippen LogP) is 3.37. The summed E-state index contributed by atoms with van der Waals surface area (Å²) in [4.78, 5) is 5.81. The fraction of sp³-hybridized carbons (Fsp3) is 0.500. The van der Waals surface area contributed by atoms with Gasteiger partial charge in [0.1, 0.15) is 5.01 Å². The van der Waals surface area contributed by atoms with Crippen LogP contribution in [0.3, 0.4) is 0 Å². The van der Waals surface area contributed by atoms with Crippen molar-refractivity contribution in [3.05, 3.63) is 28.6 Å². The van der Waals surface area contributed by atoms with E-state index in [1.807, 2.05) is 6.07 Å². The molecule has 0 bridgehead atoms. The SMILES string of the molecule is CC(C)CC(O)CNCc1csc(-c2cccs2)n1. The number of aromatic nitrogens is 1. The largest absolute Gasteiger partial charge is 0.392 e. The van der Waals surface area contributed by atoms with E-state index in [-0.39, 0.29) is 6.10 Å². The van der Waals surface area contributed by atoms with Crippen LogP contribution in [0.2, 0.25) is 0 Å². The van der Waals surface area contributed by atoms with Gasteiger partial charge in [0.25, 0.3) is 0 Å². The van der Waals surface area contributed by atoms with Crippen LogP contribution in [0, 0.1) is 5.92 Å². The molecule has 2 aromatic rings. The standard InChI is InChI=1S/C14H20N2OS2/c1-10(2)6-12(17)8-15-7-11-9-19-14(16-11)13-4-3-5-18-13/h3-5,9-10,12,15,17H,6-8H2,1-2H3. The number of nitrogens with one attached hydrogen (secondary N) is 1. The number of aliphatic hydroxyl groups excluding tert-OH is 1. The second kappa shape index (κ2) is 7.14. The van der Waals surface area contributed by atoms with E-state index in [2.05, 4.69) is 41.0 Å². The monoisotopic (exact) mass is 296 g/mol. The summed E-state index contributed by atoms with van der Waals surface area (Å²) < 4.78 is 0. The van der Waals surface area contributed by atoms with Crippen LogP contribution in [0.25, 0.3) is 9.88 Å². The highest BCUT2D eigenvalue weighted by molar-refractivity contribution is 7.20. The first-order chi connectivity index (χ1) is 9.15. The fourth-order valence-corrected chi connectivity index (χ4v) is 3.53. The lowest BCUT2D eigenvalue weighted by molar-refractivity contribution is 0.146. The summed E-state index contributed by atoms with van der Waals surface area (Å²) in [6.45, 7) is 5.59. The lowest BCUT2D eigenvalue weighted by Gasteiger charge is -2.13. The van der Waals surface area contributed by atoms with Crippen molar-refractivity contribution in [3.8, 4) is 9.88 Å². The molecule has 0 aliphatic heterocycles. The van der Waals surface area contributed by atoms with Gasteiger partial charge in [-0.25, -0.2) is 4.98 Å². The van der Waals surface area contributed by atoms with E-state index in [4.69, 9.17) is 0 Å². The number of rotatable bonds is 7. The molecule has 0 fully saturated rings. The molecule has 0 radical (unpaired) electrons. The van der Waals surface area contributed by atoms with Gasteiger partial charge in [-0.1, -0.05) is 19.9 Å². The van der Waals surface area contributed by atoms with Crippen LogP contribution in [0.4, 0.5) is 0 Å². The van der Waals surface area contributed by atoms with E-state index in [1.54, 1.807) is 22.7 Å². The zero-order valence-electron chi connectivity index (χ0n) is 11.3. The molecule has 104 valence electrons. The van der Waals surface area contributed by atoms with Crippen LogP contribution in [-0.4, -0.2) is 22.7 Å². The first kappa shape index (κ1) is 14.7. The third-order valence-corrected chi connectivity index (χ3v) is 4.64. The Morgan fingerprint density at radius 2 is 2.21 bits per heavy atom. The van der Waals surface area contributed by atoms with Gasteiger partial charge in [0.2, 0.25) is 0 Å². The average molecular weight is 296 g/mol. The van der Waals surface area contributed by atoms with Crippen molar-refractivity contribution in [2.75, 3.05) is 6.54 Å². The van der Waals surface area contributed by atoms with E-state index < -0.39 is 0 Å². The van der Waals surface area contributed by atoms with Crippen molar-refractivity contribution in [1.29, 1.82) is 0 Å². The van der Waals surface area contributed by atoms with Gasteiger partial charge in [0.15, 0.2) is 0 Å². The molecule has 0 spiro atoms. The van der Waals surface area contributed by atoms with Crippen LogP contribution in [0.5, 0.6) is 0 Å². The second-order valence-electron chi connectivity index (χ2n) is 5.04. The van der Waals surface area contributed by atoms with Gasteiger partial charge in [-0.15, -0.1) is 22.7 Å². The molecule has 0 aliphatic rings. The fourth-order valence-electron chi connectivity index (χ4n) is 1.90. The molecule has 0 saturated carbocycles. The number of thiazole rings is 1. The summed E-state index contributed by atoms with van der Waals surface area (Å²) in [7, 11) is 0. The number of thiophene rings is 1. The molecule has 3 nitrogen and oxygen atoms in total. The Bertz CT molecular complexity index is 479. The average Bonchev–Trinajstić information content (AvgIpc) is 2.97. The van der Waals surface area contributed by atoms with E-state index in [0.29, 0.717) is 12.5 Å². The molecule has 0 saturated heterocycles. The third-order valence-electron chi connectivity index (χ3n) is 2.71. The molecule has 0 aromatic carbocycles. The molecule has 1 unspecified atom stereocenters. The van der Waals surface area contributed by atoms with Crippen molar-refractivity contribution in [3.63, 3.8) is 0 Å². The minimum atomic E-state index is -0.268. The molecule has 0 aliphatic carbocycles. The zero-order valence-corrected chi connectivity index (χ0v) is 12.9. The van der Waals surface area contributed by atoms with Gasteiger partial charge < -0.3 is 10.4 Å². The number of hydrogen-bond acceptors (Lipinski definition) is 5. The van der Waals surface area contributed by atoms with Gasteiger partial charge in [-0.3, -0.25) is 0 Å². The quantitative estimate of drug-likeness (QED) is 0.823. The van der Waals surface area contributed by atoms with Crippen LogP contribution < -0.4 is 5.32 Å². The topological polar surface area (TPSA) is 45.1 Å². The van der Waals surface area contributed by atoms with Gasteiger partial charge in [-0.2, -0.15) is 0 Å². The predicted molar refractivity (Wildman–Crippen MR) is 82.6 cm³/mol. The van der Waals surface area contributed by atoms with Gasteiger partial charge in [0, 0.05) is 18.5 Å². The number of nitrogens with zero attached hydrogens (tertiary/aromatic N) is 1. The Hall–Kier alpha value is -0.750. The summed E-state index contributed by atoms with van der Waals surface area (Å²) in [5, 5.41) is 18.3. The number of aliphatic hydroxyl groups is 1. The molecule has 5 heteroatoms. The molecule has 2 heterocycles. The normalized spacial score (nSPS) is 13.1. The molecule has 19 heavy (non-hydrogen) atoms. The van der Waals surface area contributed by atoms with Crippen molar-refractivity contribution in [2.45, 2.75) is 32.9 Å². The molecule has 1 atom stereocenters. The Morgan fingerprint density at radius 1 is 1.37 bits per heavy atom. The minimum absolute atomic E-state index is 0.268. The Kier molecular flexibility index (Phi) is 5.51. The van der Waals surface area contributed by atoms with Gasteiger partial charge in [-0.05, 0) is 23.8 Å². The van der Waals surface area contributed by atoms with E-state index in [9.17, 15) is 5.11 Å². The Balaban J connectivity index is 1.78. The van der Waals surface area contributed by atoms with E-state index >= 15 is 0 Å². The third kappa shape index (κ3) is 4.69. The second-order valence-corrected chi connectivity index (χ2v) is 6.84. The van der Waals surface area contributed by atoms with E-state index in [0.717, 1.165) is 23.7 Å². The first-order valence-corrected chi connectivity index (χ1v) is 8.28. The highest BCUT2D eigenvalue weighted by atomic mass is 32.1. The minimum Gasteiger partial charge on any atom is -0.392 e. The molecule has 2 rings (SSSR count). The number of hydrogen-bond donors (Lipinski definition) is 2. The maximum absolute atomic E-state index is 9.77. The van der Waals surface area contributed by atoms with Crippen LogP contribution >= 0.6 is 22.7 Å². The highest BCUT2D eigenvalue weighted by Gasteiger charge is 2.08. The summed E-state index contributed by atoms with van der Waals surface area (Å²) in [5.41, 5.74) is 1.05. The zero-order chi connectivity index (χ0) is 13.7. The van der Waals surface area contributed by atoms with Crippen molar-refractivity contribution in [1.82, 2.24) is 10.3 Å². The van der Waals surface area contributed by atoms with Crippen molar-refractivity contribution in [2.24, 2.45) is 5.92 Å². The van der Waals surface area contributed by atoms with Crippen molar-refractivity contribution >= 4 is 22.7 Å².